The van der Waals surface area contributed by atoms with Crippen molar-refractivity contribution < 1.29 is 0 Å². The van der Waals surface area contributed by atoms with Gasteiger partial charge in [-0.25, -0.2) is 0 Å². The number of hydrogen-bond acceptors (Lipinski definition) is 2. The van der Waals surface area contributed by atoms with Gasteiger partial charge in [-0.15, -0.1) is 4.91 Å². The highest BCUT2D eigenvalue weighted by molar-refractivity contribution is 5.88. The topological polar surface area (TPSA) is 32.7 Å². The van der Waals surface area contributed by atoms with Gasteiger partial charge in [-0.05, 0) is 12.1 Å². The molecule has 0 bridgehead atoms. The second-order valence-corrected chi connectivity index (χ2v) is 3.84. The molecular weight excluding hydrogens is 212 g/mol. The average molecular weight is 222 g/mol. The monoisotopic (exact) mass is 222 g/mol. The van der Waals surface area contributed by atoms with Gasteiger partial charge in [0.05, 0.1) is 16.7 Å². The summed E-state index contributed by atoms with van der Waals surface area (Å²) in [5, 5.41) is 4.57. The number of nitroso groups, excluding NO2 is 1. The molecule has 0 saturated carbocycles. The van der Waals surface area contributed by atoms with E-state index in [0.29, 0.717) is 0 Å². The minimum absolute atomic E-state index is 0.809. The van der Waals surface area contributed by atoms with E-state index in [0.717, 1.165) is 22.5 Å². The van der Waals surface area contributed by atoms with Gasteiger partial charge >= 0.3 is 0 Å². The molecule has 3 nitrogen and oxygen atoms in total. The normalized spacial score (nSPS) is 12.6. The number of rotatable bonds is 1. The molecule has 0 N–H and O–H groups in total. The first kappa shape index (κ1) is 9.78. The number of hydrogen-bond donors (Lipinski definition) is 0. The van der Waals surface area contributed by atoms with E-state index >= 15 is 0 Å². The molecule has 2 aromatic rings. The Morgan fingerprint density at radius 3 is 1.71 bits per heavy atom. The molecule has 0 saturated heterocycles. The second-order valence-electron chi connectivity index (χ2n) is 3.84. The van der Waals surface area contributed by atoms with E-state index in [1.54, 1.807) is 0 Å². The zero-order valence-electron chi connectivity index (χ0n) is 9.08. The molecule has 0 fully saturated rings. The highest BCUT2D eigenvalue weighted by atomic mass is 16.3. The summed E-state index contributed by atoms with van der Waals surface area (Å²) in [6.07, 6.45) is 4.00. The number of nitrogens with zero attached hydrogens (tertiary/aromatic N) is 2. The minimum Gasteiger partial charge on any atom is -0.196 e. The number of para-hydroxylation sites is 2. The van der Waals surface area contributed by atoms with E-state index in [4.69, 9.17) is 0 Å². The van der Waals surface area contributed by atoms with Gasteiger partial charge in [0.15, 0.2) is 0 Å². The molecule has 2 aromatic carbocycles. The van der Waals surface area contributed by atoms with Gasteiger partial charge in [0.25, 0.3) is 0 Å². The predicted molar refractivity (Wildman–Crippen MR) is 69.7 cm³/mol. The van der Waals surface area contributed by atoms with Gasteiger partial charge in [0.1, 0.15) is 0 Å². The van der Waals surface area contributed by atoms with Crippen molar-refractivity contribution in [2.24, 2.45) is 5.29 Å². The van der Waals surface area contributed by atoms with Gasteiger partial charge in [-0.2, -0.15) is 5.01 Å². The second kappa shape index (κ2) is 3.87. The third-order valence-electron chi connectivity index (χ3n) is 2.85. The van der Waals surface area contributed by atoms with Crippen LogP contribution in [0.15, 0.2) is 53.8 Å². The zero-order chi connectivity index (χ0) is 11.7. The molecule has 0 radical (unpaired) electrons. The highest BCUT2D eigenvalue weighted by Crippen LogP contribution is 2.35. The van der Waals surface area contributed by atoms with E-state index in [1.165, 1.54) is 5.01 Å². The number of benzene rings is 2. The Hall–Kier alpha value is -2.42. The van der Waals surface area contributed by atoms with Crippen LogP contribution < -0.4 is 5.01 Å². The van der Waals surface area contributed by atoms with E-state index in [1.807, 2.05) is 60.7 Å². The number of fused-ring (bicyclic) bond motifs is 2. The molecule has 0 unspecified atom stereocenters. The first-order valence-electron chi connectivity index (χ1n) is 5.40. The van der Waals surface area contributed by atoms with Crippen molar-refractivity contribution in [2.45, 2.75) is 0 Å². The summed E-state index contributed by atoms with van der Waals surface area (Å²) in [7, 11) is 0. The standard InChI is InChI=1S/C14H10N2O/c17-15-16-13-7-3-1-5-11(13)9-10-12-6-2-4-8-14(12)16/h1-10H. The lowest BCUT2D eigenvalue weighted by molar-refractivity contribution is 1.07. The lowest BCUT2D eigenvalue weighted by atomic mass is 10.1. The Kier molecular flexibility index (Phi) is 2.22. The Labute approximate surface area is 98.9 Å². The largest absolute Gasteiger partial charge is 0.196 e. The van der Waals surface area contributed by atoms with Crippen LogP contribution in [0.2, 0.25) is 0 Å². The smallest absolute Gasteiger partial charge is 0.0757 e. The first-order chi connectivity index (χ1) is 8.40. The Morgan fingerprint density at radius 1 is 0.765 bits per heavy atom. The molecule has 3 rings (SSSR count). The van der Waals surface area contributed by atoms with Gasteiger partial charge in [-0.3, -0.25) is 0 Å². The SMILES string of the molecule is O=NN1c2ccccc2C=Cc2ccccc21. The van der Waals surface area contributed by atoms with Gasteiger partial charge < -0.3 is 0 Å². The summed E-state index contributed by atoms with van der Waals surface area (Å²) < 4.78 is 0. The van der Waals surface area contributed by atoms with Crippen LogP contribution in [-0.4, -0.2) is 0 Å². The fraction of sp³-hybridized carbons (Fsp3) is 0. The van der Waals surface area contributed by atoms with Crippen molar-refractivity contribution in [3.05, 3.63) is 64.6 Å². The van der Waals surface area contributed by atoms with Crippen LogP contribution in [0.4, 0.5) is 11.4 Å². The molecule has 0 atom stereocenters. The van der Waals surface area contributed by atoms with Gasteiger partial charge in [0, 0.05) is 11.1 Å². The maximum atomic E-state index is 11.1. The van der Waals surface area contributed by atoms with Crippen molar-refractivity contribution in [3.63, 3.8) is 0 Å². The third-order valence-corrected chi connectivity index (χ3v) is 2.85. The quantitative estimate of drug-likeness (QED) is 0.683. The van der Waals surface area contributed by atoms with Crippen LogP contribution in [0.1, 0.15) is 11.1 Å². The maximum Gasteiger partial charge on any atom is 0.0757 e. The first-order valence-corrected chi connectivity index (χ1v) is 5.40. The summed E-state index contributed by atoms with van der Waals surface area (Å²) in [6, 6.07) is 15.4. The molecule has 0 aromatic heterocycles. The Balaban J connectivity index is 2.29. The van der Waals surface area contributed by atoms with Crippen LogP contribution in [0.25, 0.3) is 12.2 Å². The third kappa shape index (κ3) is 1.52. The summed E-state index contributed by atoms with van der Waals surface area (Å²) in [5.74, 6) is 0. The lowest BCUT2D eigenvalue weighted by Crippen LogP contribution is -2.09. The molecule has 82 valence electrons. The summed E-state index contributed by atoms with van der Waals surface area (Å²) >= 11 is 0. The Morgan fingerprint density at radius 2 is 1.24 bits per heavy atom. The molecular formula is C14H10N2O. The van der Waals surface area contributed by atoms with E-state index < -0.39 is 0 Å². The van der Waals surface area contributed by atoms with Crippen LogP contribution in [0, 0.1) is 4.91 Å². The van der Waals surface area contributed by atoms with Crippen LogP contribution in [0.3, 0.4) is 0 Å². The van der Waals surface area contributed by atoms with Crippen molar-refractivity contribution in [2.75, 3.05) is 5.01 Å². The van der Waals surface area contributed by atoms with Crippen LogP contribution in [-0.2, 0) is 0 Å². The molecule has 3 heteroatoms. The summed E-state index contributed by atoms with van der Waals surface area (Å²) in [5.41, 5.74) is 3.60. The minimum atomic E-state index is 0.809. The molecule has 0 spiro atoms. The molecule has 0 amide bonds. The highest BCUT2D eigenvalue weighted by Gasteiger charge is 2.17. The molecule has 17 heavy (non-hydrogen) atoms. The van der Waals surface area contributed by atoms with Crippen LogP contribution in [0.5, 0.6) is 0 Å². The van der Waals surface area contributed by atoms with E-state index in [-0.39, 0.29) is 0 Å². The average Bonchev–Trinajstić information content (AvgIpc) is 2.55. The summed E-state index contributed by atoms with van der Waals surface area (Å²) in [4.78, 5) is 11.1. The van der Waals surface area contributed by atoms with Gasteiger partial charge in [-0.1, -0.05) is 48.6 Å². The molecule has 1 aliphatic rings. The lowest BCUT2D eigenvalue weighted by Gasteiger charge is -2.17. The Bertz CT molecular complexity index is 555. The van der Waals surface area contributed by atoms with Crippen molar-refractivity contribution in [1.29, 1.82) is 0 Å². The molecule has 1 aliphatic heterocycles. The van der Waals surface area contributed by atoms with Gasteiger partial charge in [0.2, 0.25) is 0 Å². The van der Waals surface area contributed by atoms with E-state index in [2.05, 4.69) is 5.29 Å². The van der Waals surface area contributed by atoms with Crippen molar-refractivity contribution in [1.82, 2.24) is 0 Å². The van der Waals surface area contributed by atoms with Crippen molar-refractivity contribution >= 4 is 23.5 Å². The van der Waals surface area contributed by atoms with Crippen LogP contribution >= 0.6 is 0 Å². The zero-order valence-corrected chi connectivity index (χ0v) is 9.08. The molecule has 1 heterocycles. The fourth-order valence-electron chi connectivity index (χ4n) is 2.04. The van der Waals surface area contributed by atoms with E-state index in [9.17, 15) is 4.91 Å². The number of anilines is 2. The van der Waals surface area contributed by atoms with Crippen molar-refractivity contribution in [3.8, 4) is 0 Å². The maximum absolute atomic E-state index is 11.1. The predicted octanol–water partition coefficient (Wildman–Crippen LogP) is 3.99. The molecule has 0 aliphatic carbocycles. The fourth-order valence-corrected chi connectivity index (χ4v) is 2.04. The summed E-state index contributed by atoms with van der Waals surface area (Å²) in [6.45, 7) is 0.